The van der Waals surface area contributed by atoms with Crippen LogP contribution in [-0.4, -0.2) is 36.9 Å². The van der Waals surface area contributed by atoms with Crippen LogP contribution in [0.5, 0.6) is 0 Å². The quantitative estimate of drug-likeness (QED) is 0.313. The van der Waals surface area contributed by atoms with Crippen LogP contribution < -0.4 is 11.5 Å². The summed E-state index contributed by atoms with van der Waals surface area (Å²) in [5.74, 6) is -1.08. The number of alkyl halides is 3. The zero-order valence-corrected chi connectivity index (χ0v) is 18.9. The van der Waals surface area contributed by atoms with E-state index in [1.807, 2.05) is 0 Å². The van der Waals surface area contributed by atoms with Crippen molar-refractivity contribution in [3.8, 4) is 0 Å². The van der Waals surface area contributed by atoms with E-state index in [2.05, 4.69) is 0 Å². The number of carbonyl (C=O) groups is 2. The van der Waals surface area contributed by atoms with Gasteiger partial charge in [-0.1, -0.05) is 12.1 Å². The molecule has 0 amide bonds. The van der Waals surface area contributed by atoms with E-state index in [1.54, 1.807) is 48.5 Å². The minimum atomic E-state index is -4.35. The van der Waals surface area contributed by atoms with Gasteiger partial charge in [0.25, 0.3) is 0 Å². The van der Waals surface area contributed by atoms with E-state index in [0.29, 0.717) is 53.7 Å². The fourth-order valence-corrected chi connectivity index (χ4v) is 3.59. The average Bonchev–Trinajstić information content (AvgIpc) is 2.82. The Labute approximate surface area is 200 Å². The fourth-order valence-electron chi connectivity index (χ4n) is 3.59. The second-order valence-electron chi connectivity index (χ2n) is 8.25. The van der Waals surface area contributed by atoms with Crippen LogP contribution in [-0.2, 0) is 25.6 Å². The Morgan fingerprint density at radius 2 is 1.63 bits per heavy atom. The molecule has 0 unspecified atom stereocenters. The number of nitrogens with two attached hydrogens (primary N) is 2. The molecule has 1 fully saturated rings. The predicted octanol–water partition coefficient (Wildman–Crippen LogP) is 4.65. The van der Waals surface area contributed by atoms with Gasteiger partial charge in [-0.15, -0.1) is 0 Å². The third-order valence-electron chi connectivity index (χ3n) is 5.47. The van der Waals surface area contributed by atoms with Gasteiger partial charge in [0.15, 0.2) is 0 Å². The first-order valence-corrected chi connectivity index (χ1v) is 11.1. The summed E-state index contributed by atoms with van der Waals surface area (Å²) in [4.78, 5) is 24.4. The van der Waals surface area contributed by atoms with E-state index in [0.717, 1.165) is 0 Å². The van der Waals surface area contributed by atoms with E-state index in [9.17, 15) is 22.8 Å². The lowest BCUT2D eigenvalue weighted by atomic mass is 9.95. The number of halogens is 3. The standard InChI is InChI=1S/C25H27F3N2O5/c26-25(27,28)15-34-20-7-9-21(10-8-20)35-24(32)17-4-1-16(2-5-17)3-12-23(31)33-14-18-13-19(29)6-11-22(18)30/h1-6,11-13,20-21H,7-10,14-15,29-30H2/b12-3+. The molecule has 0 atom stereocenters. The predicted molar refractivity (Wildman–Crippen MR) is 124 cm³/mol. The monoisotopic (exact) mass is 492 g/mol. The third-order valence-corrected chi connectivity index (χ3v) is 5.47. The van der Waals surface area contributed by atoms with Gasteiger partial charge in [-0.2, -0.15) is 13.2 Å². The van der Waals surface area contributed by atoms with Gasteiger partial charge in [0, 0.05) is 23.0 Å². The molecule has 0 aromatic heterocycles. The van der Waals surface area contributed by atoms with E-state index in [1.165, 1.54) is 6.08 Å². The second-order valence-corrected chi connectivity index (χ2v) is 8.25. The smallest absolute Gasteiger partial charge is 0.411 e. The summed E-state index contributed by atoms with van der Waals surface area (Å²) in [6.45, 7) is -1.28. The summed E-state index contributed by atoms with van der Waals surface area (Å²) < 4.78 is 52.3. The summed E-state index contributed by atoms with van der Waals surface area (Å²) >= 11 is 0. The van der Waals surface area contributed by atoms with Gasteiger partial charge in [0.2, 0.25) is 0 Å². The van der Waals surface area contributed by atoms with Gasteiger partial charge in [0.1, 0.15) is 19.3 Å². The summed E-state index contributed by atoms with van der Waals surface area (Å²) in [6, 6.07) is 11.4. The zero-order chi connectivity index (χ0) is 25.4. The molecule has 0 saturated heterocycles. The molecule has 0 radical (unpaired) electrons. The summed E-state index contributed by atoms with van der Waals surface area (Å²) in [5.41, 5.74) is 14.1. The highest BCUT2D eigenvalue weighted by atomic mass is 19.4. The van der Waals surface area contributed by atoms with Crippen LogP contribution in [0.3, 0.4) is 0 Å². The summed E-state index contributed by atoms with van der Waals surface area (Å²) in [7, 11) is 0. The number of hydrogen-bond donors (Lipinski definition) is 2. The SMILES string of the molecule is Nc1ccc(N)c(COC(=O)/C=C/c2ccc(C(=O)OC3CCC(OCC(F)(F)F)CC3)cc2)c1. The number of carbonyl (C=O) groups excluding carboxylic acids is 2. The van der Waals surface area contributed by atoms with Crippen molar-refractivity contribution in [2.45, 2.75) is 50.7 Å². The molecule has 1 aliphatic rings. The molecule has 0 aliphatic heterocycles. The average molecular weight is 492 g/mol. The van der Waals surface area contributed by atoms with Crippen LogP contribution >= 0.6 is 0 Å². The minimum Gasteiger partial charge on any atom is -0.459 e. The highest BCUT2D eigenvalue weighted by molar-refractivity contribution is 5.90. The molecular formula is C25H27F3N2O5. The molecule has 0 bridgehead atoms. The molecule has 0 spiro atoms. The Hall–Kier alpha value is -3.53. The van der Waals surface area contributed by atoms with E-state index in [4.69, 9.17) is 25.7 Å². The van der Waals surface area contributed by atoms with E-state index >= 15 is 0 Å². The first-order valence-electron chi connectivity index (χ1n) is 11.1. The van der Waals surface area contributed by atoms with Crippen molar-refractivity contribution in [1.29, 1.82) is 0 Å². The van der Waals surface area contributed by atoms with Crippen molar-refractivity contribution in [2.75, 3.05) is 18.1 Å². The molecular weight excluding hydrogens is 465 g/mol. The molecule has 1 aliphatic carbocycles. The summed E-state index contributed by atoms with van der Waals surface area (Å²) in [5, 5.41) is 0. The molecule has 1 saturated carbocycles. The van der Waals surface area contributed by atoms with E-state index < -0.39 is 30.8 Å². The van der Waals surface area contributed by atoms with Gasteiger partial charge < -0.3 is 25.7 Å². The van der Waals surface area contributed by atoms with Crippen molar-refractivity contribution < 1.29 is 37.0 Å². The van der Waals surface area contributed by atoms with Gasteiger partial charge in [-0.3, -0.25) is 0 Å². The maximum Gasteiger partial charge on any atom is 0.411 e. The van der Waals surface area contributed by atoms with Crippen LogP contribution in [0.25, 0.3) is 6.08 Å². The minimum absolute atomic E-state index is 0.0127. The topological polar surface area (TPSA) is 114 Å². The molecule has 7 nitrogen and oxygen atoms in total. The van der Waals surface area contributed by atoms with Gasteiger partial charge in [-0.25, -0.2) is 9.59 Å². The Kier molecular flexibility index (Phi) is 8.75. The Bertz CT molecular complexity index is 1050. The third kappa shape index (κ3) is 8.64. The Balaban J connectivity index is 1.43. The van der Waals surface area contributed by atoms with Crippen molar-refractivity contribution in [3.63, 3.8) is 0 Å². The van der Waals surface area contributed by atoms with Crippen LogP contribution in [0.2, 0.25) is 0 Å². The number of ether oxygens (including phenoxy) is 3. The fraction of sp³-hybridized carbons (Fsp3) is 0.360. The number of nitrogen functional groups attached to an aromatic ring is 2. The van der Waals surface area contributed by atoms with Gasteiger partial charge in [-0.05, 0) is 67.7 Å². The van der Waals surface area contributed by atoms with Crippen LogP contribution in [0.15, 0.2) is 48.5 Å². The molecule has 3 rings (SSSR count). The van der Waals surface area contributed by atoms with Crippen molar-refractivity contribution in [2.24, 2.45) is 0 Å². The number of hydrogen-bond acceptors (Lipinski definition) is 7. The second kappa shape index (κ2) is 11.7. The van der Waals surface area contributed by atoms with Crippen molar-refractivity contribution >= 4 is 29.4 Å². The lowest BCUT2D eigenvalue weighted by Crippen LogP contribution is -2.30. The van der Waals surface area contributed by atoms with Crippen molar-refractivity contribution in [3.05, 3.63) is 65.2 Å². The summed E-state index contributed by atoms with van der Waals surface area (Å²) in [6.07, 6.45) is -0.703. The normalized spacial score (nSPS) is 18.4. The lowest BCUT2D eigenvalue weighted by molar-refractivity contribution is -0.189. The molecule has 2 aromatic rings. The van der Waals surface area contributed by atoms with Crippen LogP contribution in [0.1, 0.15) is 47.2 Å². The largest absolute Gasteiger partial charge is 0.459 e. The molecule has 10 heteroatoms. The van der Waals surface area contributed by atoms with Crippen LogP contribution in [0, 0.1) is 0 Å². The molecule has 188 valence electrons. The van der Waals surface area contributed by atoms with Gasteiger partial charge in [0.05, 0.1) is 11.7 Å². The van der Waals surface area contributed by atoms with E-state index in [-0.39, 0.29) is 12.7 Å². The Morgan fingerprint density at radius 1 is 0.971 bits per heavy atom. The molecule has 0 heterocycles. The molecule has 2 aromatic carbocycles. The lowest BCUT2D eigenvalue weighted by Gasteiger charge is -2.28. The van der Waals surface area contributed by atoms with Gasteiger partial charge >= 0.3 is 18.1 Å². The number of benzene rings is 2. The highest BCUT2D eigenvalue weighted by Crippen LogP contribution is 2.26. The van der Waals surface area contributed by atoms with Crippen LogP contribution in [0.4, 0.5) is 24.5 Å². The maximum absolute atomic E-state index is 12.4. The first-order chi connectivity index (χ1) is 16.6. The number of rotatable bonds is 8. The Morgan fingerprint density at radius 3 is 2.29 bits per heavy atom. The number of anilines is 2. The maximum atomic E-state index is 12.4. The molecule has 4 N–H and O–H groups in total. The highest BCUT2D eigenvalue weighted by Gasteiger charge is 2.31. The molecule has 35 heavy (non-hydrogen) atoms. The zero-order valence-electron chi connectivity index (χ0n) is 18.9. The van der Waals surface area contributed by atoms with Crippen molar-refractivity contribution in [1.82, 2.24) is 0 Å². The first kappa shape index (κ1) is 26.1. The number of esters is 2.